The van der Waals surface area contributed by atoms with Crippen molar-refractivity contribution >= 4 is 21.8 Å². The molecule has 2 unspecified atom stereocenters. The Morgan fingerprint density at radius 2 is 2.29 bits per heavy atom. The summed E-state index contributed by atoms with van der Waals surface area (Å²) in [6.45, 7) is 4.71. The predicted octanol–water partition coefficient (Wildman–Crippen LogP) is 2.66. The molecule has 3 nitrogen and oxygen atoms in total. The van der Waals surface area contributed by atoms with Crippen molar-refractivity contribution in [2.75, 3.05) is 6.61 Å². The molecule has 1 saturated heterocycles. The van der Waals surface area contributed by atoms with E-state index in [9.17, 15) is 4.79 Å². The quantitative estimate of drug-likeness (QED) is 0.911. The molecule has 1 aliphatic heterocycles. The number of halogens is 1. The highest BCUT2D eigenvalue weighted by Crippen LogP contribution is 2.19. The second-order valence-corrected chi connectivity index (χ2v) is 5.28. The van der Waals surface area contributed by atoms with Crippen LogP contribution >= 0.6 is 15.9 Å². The van der Waals surface area contributed by atoms with E-state index in [1.807, 2.05) is 32.0 Å². The number of ether oxygens (including phenoxy) is 1. The van der Waals surface area contributed by atoms with Gasteiger partial charge in [0.05, 0.1) is 17.7 Å². The molecule has 0 aromatic heterocycles. The summed E-state index contributed by atoms with van der Waals surface area (Å²) in [4.78, 5) is 12.1. The second kappa shape index (κ2) is 5.19. The summed E-state index contributed by atoms with van der Waals surface area (Å²) >= 11 is 3.42. The topological polar surface area (TPSA) is 38.3 Å². The van der Waals surface area contributed by atoms with Crippen LogP contribution in [0.25, 0.3) is 0 Å². The molecule has 4 heteroatoms. The van der Waals surface area contributed by atoms with Crippen molar-refractivity contribution in [2.24, 2.45) is 0 Å². The molecular formula is C13H16BrNO2. The number of benzene rings is 1. The number of rotatable bonds is 2. The number of hydrogen-bond donors (Lipinski definition) is 1. The van der Waals surface area contributed by atoms with Crippen molar-refractivity contribution in [1.82, 2.24) is 5.32 Å². The van der Waals surface area contributed by atoms with Crippen LogP contribution in [0.15, 0.2) is 22.7 Å². The van der Waals surface area contributed by atoms with Crippen LogP contribution in [0.4, 0.5) is 0 Å². The van der Waals surface area contributed by atoms with Crippen molar-refractivity contribution in [3.05, 3.63) is 33.8 Å². The van der Waals surface area contributed by atoms with Crippen molar-refractivity contribution in [3.63, 3.8) is 0 Å². The molecule has 2 atom stereocenters. The average Bonchev–Trinajstić information content (AvgIpc) is 2.64. The molecule has 1 aliphatic rings. The van der Waals surface area contributed by atoms with E-state index in [1.165, 1.54) is 0 Å². The van der Waals surface area contributed by atoms with E-state index in [2.05, 4.69) is 21.2 Å². The van der Waals surface area contributed by atoms with E-state index in [0.717, 1.165) is 23.1 Å². The van der Waals surface area contributed by atoms with E-state index >= 15 is 0 Å². The van der Waals surface area contributed by atoms with Gasteiger partial charge in [-0.1, -0.05) is 6.07 Å². The highest BCUT2D eigenvalue weighted by molar-refractivity contribution is 9.10. The number of carbonyl (C=O) groups excluding carboxylic acids is 1. The maximum absolute atomic E-state index is 12.1. The maximum atomic E-state index is 12.1. The molecular weight excluding hydrogens is 282 g/mol. The Balaban J connectivity index is 2.09. The molecule has 1 fully saturated rings. The molecule has 17 heavy (non-hydrogen) atoms. The van der Waals surface area contributed by atoms with Gasteiger partial charge in [0.1, 0.15) is 0 Å². The van der Waals surface area contributed by atoms with E-state index in [1.54, 1.807) is 0 Å². The third kappa shape index (κ3) is 2.87. The van der Waals surface area contributed by atoms with Crippen LogP contribution in [0, 0.1) is 6.92 Å². The lowest BCUT2D eigenvalue weighted by atomic mass is 10.1. The molecule has 1 aromatic carbocycles. The number of carbonyl (C=O) groups is 1. The molecule has 1 amide bonds. The zero-order chi connectivity index (χ0) is 12.4. The minimum atomic E-state index is -0.0424. The summed E-state index contributed by atoms with van der Waals surface area (Å²) in [6.07, 6.45) is 0.985. The normalized spacial score (nSPS) is 23.7. The van der Waals surface area contributed by atoms with Crippen LogP contribution in [0.1, 0.15) is 29.3 Å². The minimum absolute atomic E-state index is 0.0424. The van der Waals surface area contributed by atoms with E-state index < -0.39 is 0 Å². The molecule has 0 spiro atoms. The van der Waals surface area contributed by atoms with Gasteiger partial charge in [0.15, 0.2) is 0 Å². The number of amides is 1. The average molecular weight is 298 g/mol. The molecule has 0 bridgehead atoms. The summed E-state index contributed by atoms with van der Waals surface area (Å²) in [5.74, 6) is -0.0424. The number of aryl methyl sites for hydroxylation is 1. The van der Waals surface area contributed by atoms with Crippen LogP contribution in [0.2, 0.25) is 0 Å². The van der Waals surface area contributed by atoms with Crippen LogP contribution in [-0.4, -0.2) is 24.7 Å². The van der Waals surface area contributed by atoms with E-state index in [4.69, 9.17) is 4.74 Å². The standard InChI is InChI=1S/C13H16BrNO2/c1-8-3-4-10(11(14)7-8)13(16)15-12-5-6-17-9(12)2/h3-4,7,9,12H,5-6H2,1-2H3,(H,15,16). The lowest BCUT2D eigenvalue weighted by Gasteiger charge is -2.16. The molecule has 0 aliphatic carbocycles. The lowest BCUT2D eigenvalue weighted by Crippen LogP contribution is -2.39. The molecule has 1 N–H and O–H groups in total. The Morgan fingerprint density at radius 3 is 2.88 bits per heavy atom. The first-order chi connectivity index (χ1) is 8.08. The summed E-state index contributed by atoms with van der Waals surface area (Å²) in [5.41, 5.74) is 1.81. The fourth-order valence-electron chi connectivity index (χ4n) is 1.97. The first-order valence-electron chi connectivity index (χ1n) is 5.76. The Morgan fingerprint density at radius 1 is 1.53 bits per heavy atom. The van der Waals surface area contributed by atoms with Crippen molar-refractivity contribution in [3.8, 4) is 0 Å². The maximum Gasteiger partial charge on any atom is 0.252 e. The summed E-state index contributed by atoms with van der Waals surface area (Å²) in [6, 6.07) is 5.85. The van der Waals surface area contributed by atoms with Gasteiger partial charge in [-0.2, -0.15) is 0 Å². The third-order valence-electron chi connectivity index (χ3n) is 3.06. The van der Waals surface area contributed by atoms with Crippen molar-refractivity contribution < 1.29 is 9.53 Å². The SMILES string of the molecule is Cc1ccc(C(=O)NC2CCOC2C)c(Br)c1. The Hall–Kier alpha value is -0.870. The highest BCUT2D eigenvalue weighted by Gasteiger charge is 2.26. The Kier molecular flexibility index (Phi) is 3.84. The van der Waals surface area contributed by atoms with Gasteiger partial charge in [0, 0.05) is 11.1 Å². The molecule has 1 heterocycles. The second-order valence-electron chi connectivity index (χ2n) is 4.43. The fourth-order valence-corrected chi connectivity index (χ4v) is 2.65. The van der Waals surface area contributed by atoms with Crippen LogP contribution < -0.4 is 5.32 Å². The zero-order valence-corrected chi connectivity index (χ0v) is 11.6. The third-order valence-corrected chi connectivity index (χ3v) is 3.72. The van der Waals surface area contributed by atoms with Crippen molar-refractivity contribution in [1.29, 1.82) is 0 Å². The summed E-state index contributed by atoms with van der Waals surface area (Å²) in [7, 11) is 0. The largest absolute Gasteiger partial charge is 0.376 e. The number of nitrogens with one attached hydrogen (secondary N) is 1. The monoisotopic (exact) mass is 297 g/mol. The number of hydrogen-bond acceptors (Lipinski definition) is 2. The lowest BCUT2D eigenvalue weighted by molar-refractivity contribution is 0.0865. The first kappa shape index (κ1) is 12.6. The highest BCUT2D eigenvalue weighted by atomic mass is 79.9. The summed E-state index contributed by atoms with van der Waals surface area (Å²) in [5, 5.41) is 3.01. The van der Waals surface area contributed by atoms with Crippen molar-refractivity contribution in [2.45, 2.75) is 32.4 Å². The van der Waals surface area contributed by atoms with Gasteiger partial charge in [0.2, 0.25) is 0 Å². The van der Waals surface area contributed by atoms with Gasteiger partial charge in [-0.3, -0.25) is 4.79 Å². The van der Waals surface area contributed by atoms with Gasteiger partial charge in [-0.25, -0.2) is 0 Å². The first-order valence-corrected chi connectivity index (χ1v) is 6.56. The van der Waals surface area contributed by atoms with Gasteiger partial charge in [0.25, 0.3) is 5.91 Å². The van der Waals surface area contributed by atoms with E-state index in [-0.39, 0.29) is 18.1 Å². The van der Waals surface area contributed by atoms with Gasteiger partial charge in [-0.05, 0) is 53.9 Å². The van der Waals surface area contributed by atoms with Crippen LogP contribution in [-0.2, 0) is 4.74 Å². The van der Waals surface area contributed by atoms with Gasteiger partial charge < -0.3 is 10.1 Å². The van der Waals surface area contributed by atoms with Crippen LogP contribution in [0.3, 0.4) is 0 Å². The summed E-state index contributed by atoms with van der Waals surface area (Å²) < 4.78 is 6.26. The van der Waals surface area contributed by atoms with Crippen LogP contribution in [0.5, 0.6) is 0 Å². The van der Waals surface area contributed by atoms with E-state index in [0.29, 0.717) is 5.56 Å². The molecule has 0 saturated carbocycles. The molecule has 2 rings (SSSR count). The fraction of sp³-hybridized carbons (Fsp3) is 0.462. The minimum Gasteiger partial charge on any atom is -0.376 e. The molecule has 1 aromatic rings. The smallest absolute Gasteiger partial charge is 0.252 e. The molecule has 0 radical (unpaired) electrons. The Labute approximate surface area is 110 Å². The molecule has 92 valence electrons. The van der Waals surface area contributed by atoms with Gasteiger partial charge in [-0.15, -0.1) is 0 Å². The van der Waals surface area contributed by atoms with Gasteiger partial charge >= 0.3 is 0 Å². The predicted molar refractivity (Wildman–Crippen MR) is 70.2 cm³/mol. The zero-order valence-electron chi connectivity index (χ0n) is 10.00. The Bertz CT molecular complexity index is 433.